The van der Waals surface area contributed by atoms with E-state index in [4.69, 9.17) is 11.6 Å². The third kappa shape index (κ3) is 3.70. The smallest absolute Gasteiger partial charge is 0.385 e. The van der Waals surface area contributed by atoms with Crippen LogP contribution >= 0.6 is 11.6 Å². The van der Waals surface area contributed by atoms with E-state index in [1.165, 1.54) is 23.1 Å². The molecular formula is C18H12ClF3N6O. The van der Waals surface area contributed by atoms with Crippen LogP contribution in [0.3, 0.4) is 0 Å². The zero-order valence-electron chi connectivity index (χ0n) is 14.6. The highest BCUT2D eigenvalue weighted by atomic mass is 35.5. The quantitative estimate of drug-likeness (QED) is 0.652. The molecule has 11 heteroatoms. The Balaban J connectivity index is 1.55. The number of benzene rings is 1. The van der Waals surface area contributed by atoms with Crippen LogP contribution in [0.1, 0.15) is 33.0 Å². The highest BCUT2D eigenvalue weighted by Crippen LogP contribution is 2.36. The Labute approximate surface area is 167 Å². The predicted octanol–water partition coefficient (Wildman–Crippen LogP) is 3.23. The van der Waals surface area contributed by atoms with Crippen LogP contribution in [0.5, 0.6) is 0 Å². The number of nitrogens with one attached hydrogen (secondary N) is 1. The first-order chi connectivity index (χ1) is 13.8. The molecule has 1 aliphatic rings. The molecule has 0 amide bonds. The molecule has 0 spiro atoms. The maximum Gasteiger partial charge on any atom is 0.417 e. The second-order valence-corrected chi connectivity index (χ2v) is 6.56. The van der Waals surface area contributed by atoms with Crippen LogP contribution in [0.2, 0.25) is 5.02 Å². The lowest BCUT2D eigenvalue weighted by atomic mass is 10.0. The van der Waals surface area contributed by atoms with Gasteiger partial charge in [-0.05, 0) is 24.4 Å². The Morgan fingerprint density at radius 1 is 1.24 bits per heavy atom. The molecule has 29 heavy (non-hydrogen) atoms. The van der Waals surface area contributed by atoms with Crippen molar-refractivity contribution in [2.75, 3.05) is 0 Å². The number of ketones is 1. The molecule has 4 rings (SSSR count). The van der Waals surface area contributed by atoms with Crippen molar-refractivity contribution in [2.24, 2.45) is 0 Å². The third-order valence-corrected chi connectivity index (χ3v) is 4.67. The normalized spacial score (nSPS) is 13.1. The molecule has 1 aliphatic heterocycles. The van der Waals surface area contributed by atoms with Crippen LogP contribution < -0.4 is 5.32 Å². The summed E-state index contributed by atoms with van der Waals surface area (Å²) in [6.45, 7) is 0.545. The van der Waals surface area contributed by atoms with E-state index in [0.29, 0.717) is 18.1 Å². The minimum atomic E-state index is -4.64. The average Bonchev–Trinajstić information content (AvgIpc) is 3.12. The van der Waals surface area contributed by atoms with Crippen molar-refractivity contribution in [3.05, 3.63) is 70.0 Å². The summed E-state index contributed by atoms with van der Waals surface area (Å²) in [5, 5.41) is 10.5. The molecule has 7 nitrogen and oxygen atoms in total. The van der Waals surface area contributed by atoms with E-state index in [0.717, 1.165) is 23.5 Å². The monoisotopic (exact) mass is 420 g/mol. The molecule has 3 heterocycles. The third-order valence-electron chi connectivity index (χ3n) is 4.26. The fourth-order valence-electron chi connectivity index (χ4n) is 2.85. The maximum atomic E-state index is 13.0. The summed E-state index contributed by atoms with van der Waals surface area (Å²) in [4.78, 5) is 20.9. The highest BCUT2D eigenvalue weighted by Gasteiger charge is 2.34. The molecule has 0 unspecified atom stereocenters. The summed E-state index contributed by atoms with van der Waals surface area (Å²) in [7, 11) is 0. The molecule has 1 N–H and O–H groups in total. The van der Waals surface area contributed by atoms with Crippen molar-refractivity contribution < 1.29 is 18.0 Å². The van der Waals surface area contributed by atoms with Gasteiger partial charge in [0.2, 0.25) is 0 Å². The summed E-state index contributed by atoms with van der Waals surface area (Å²) in [6, 6.07) is 3.23. The number of hydrogen-bond donors (Lipinski definition) is 1. The second-order valence-electron chi connectivity index (χ2n) is 6.18. The second kappa shape index (κ2) is 7.28. The number of aromatic nitrogens is 5. The van der Waals surface area contributed by atoms with Gasteiger partial charge in [0.1, 0.15) is 5.69 Å². The van der Waals surface area contributed by atoms with E-state index < -0.39 is 22.5 Å². The van der Waals surface area contributed by atoms with E-state index in [1.54, 1.807) is 12.3 Å². The fraction of sp³-hybridized carbons (Fsp3) is 0.167. The Morgan fingerprint density at radius 2 is 2.07 bits per heavy atom. The molecule has 0 aliphatic carbocycles. The van der Waals surface area contributed by atoms with Gasteiger partial charge in [-0.15, -0.1) is 5.10 Å². The minimum Gasteiger partial charge on any atom is -0.385 e. The SMILES string of the molecule is O=C(Cc1cnc(-n2nnc3c2C=CNC3)cn1)c1cccc(C(F)(F)F)c1Cl. The zero-order valence-corrected chi connectivity index (χ0v) is 15.4. The largest absolute Gasteiger partial charge is 0.417 e. The number of carbonyl (C=O) groups excluding carboxylic acids is 1. The number of carbonyl (C=O) groups is 1. The molecule has 2 aromatic heterocycles. The van der Waals surface area contributed by atoms with Gasteiger partial charge >= 0.3 is 6.18 Å². The lowest BCUT2D eigenvalue weighted by molar-refractivity contribution is -0.137. The van der Waals surface area contributed by atoms with Crippen LogP contribution in [0, 0.1) is 0 Å². The van der Waals surface area contributed by atoms with Crippen LogP contribution in [-0.2, 0) is 19.1 Å². The van der Waals surface area contributed by atoms with Crippen molar-refractivity contribution in [1.82, 2.24) is 30.3 Å². The number of halogens is 4. The van der Waals surface area contributed by atoms with E-state index >= 15 is 0 Å². The standard InChI is InChI=1S/C18H12ClF3N6O/c19-17-11(2-1-3-12(17)18(20,21)22)15(29)6-10-7-25-16(9-24-10)28-14-4-5-23-8-13(14)26-27-28/h1-5,7,9,23H,6,8H2. The van der Waals surface area contributed by atoms with E-state index in [9.17, 15) is 18.0 Å². The van der Waals surface area contributed by atoms with E-state index in [-0.39, 0.29) is 12.0 Å². The van der Waals surface area contributed by atoms with Crippen molar-refractivity contribution in [3.8, 4) is 5.82 Å². The first-order valence-corrected chi connectivity index (χ1v) is 8.77. The van der Waals surface area contributed by atoms with Gasteiger partial charge in [0.15, 0.2) is 11.6 Å². The van der Waals surface area contributed by atoms with Gasteiger partial charge in [0.25, 0.3) is 0 Å². The lowest BCUT2D eigenvalue weighted by Gasteiger charge is -2.11. The number of Topliss-reactive ketones (excluding diaryl/α,β-unsaturated/α-hetero) is 1. The molecule has 0 atom stereocenters. The van der Waals surface area contributed by atoms with E-state index in [2.05, 4.69) is 25.6 Å². The van der Waals surface area contributed by atoms with Gasteiger partial charge in [-0.25, -0.2) is 4.98 Å². The van der Waals surface area contributed by atoms with Crippen LogP contribution in [0.4, 0.5) is 13.2 Å². The van der Waals surface area contributed by atoms with Crippen LogP contribution in [-0.4, -0.2) is 30.7 Å². The number of nitrogens with zero attached hydrogens (tertiary/aromatic N) is 5. The summed E-state index contributed by atoms with van der Waals surface area (Å²) >= 11 is 5.81. The van der Waals surface area contributed by atoms with Crippen LogP contribution in [0.25, 0.3) is 11.9 Å². The summed E-state index contributed by atoms with van der Waals surface area (Å²) < 4.78 is 40.4. The topological polar surface area (TPSA) is 85.6 Å². The van der Waals surface area contributed by atoms with Gasteiger partial charge in [-0.1, -0.05) is 22.9 Å². The van der Waals surface area contributed by atoms with Gasteiger partial charge in [-0.2, -0.15) is 17.9 Å². The number of hydrogen-bond acceptors (Lipinski definition) is 6. The number of fused-ring (bicyclic) bond motifs is 1. The van der Waals surface area contributed by atoms with Crippen LogP contribution in [0.15, 0.2) is 36.8 Å². The van der Waals surface area contributed by atoms with Crippen molar-refractivity contribution in [3.63, 3.8) is 0 Å². The summed E-state index contributed by atoms with van der Waals surface area (Å²) in [5.74, 6) is -0.186. The Morgan fingerprint density at radius 3 is 2.79 bits per heavy atom. The number of rotatable bonds is 4. The fourth-order valence-corrected chi connectivity index (χ4v) is 3.19. The molecule has 0 saturated carbocycles. The Kier molecular flexibility index (Phi) is 4.79. The van der Waals surface area contributed by atoms with Gasteiger partial charge in [0, 0.05) is 5.56 Å². The summed E-state index contributed by atoms with van der Waals surface area (Å²) in [5.41, 5.74) is 0.545. The predicted molar refractivity (Wildman–Crippen MR) is 97.3 cm³/mol. The van der Waals surface area contributed by atoms with Gasteiger partial charge in [0.05, 0.1) is 47.3 Å². The minimum absolute atomic E-state index is 0.213. The maximum absolute atomic E-state index is 13.0. The first-order valence-electron chi connectivity index (χ1n) is 8.39. The molecule has 0 fully saturated rings. The van der Waals surface area contributed by atoms with E-state index in [1.807, 2.05) is 0 Å². The average molecular weight is 421 g/mol. The molecular weight excluding hydrogens is 409 g/mol. The van der Waals surface area contributed by atoms with Gasteiger partial charge < -0.3 is 5.32 Å². The van der Waals surface area contributed by atoms with Crippen molar-refractivity contribution >= 4 is 23.5 Å². The molecule has 148 valence electrons. The lowest BCUT2D eigenvalue weighted by Crippen LogP contribution is -2.13. The molecule has 0 bridgehead atoms. The first kappa shape index (κ1) is 19.1. The highest BCUT2D eigenvalue weighted by molar-refractivity contribution is 6.34. The number of alkyl halides is 3. The molecule has 0 radical (unpaired) electrons. The zero-order chi connectivity index (χ0) is 20.6. The Hall–Kier alpha value is -3.27. The van der Waals surface area contributed by atoms with Gasteiger partial charge in [-0.3, -0.25) is 9.78 Å². The van der Waals surface area contributed by atoms with Crippen molar-refractivity contribution in [1.29, 1.82) is 0 Å². The Bertz CT molecular complexity index is 1110. The molecule has 1 aromatic carbocycles. The van der Waals surface area contributed by atoms with Crippen molar-refractivity contribution in [2.45, 2.75) is 19.1 Å². The summed E-state index contributed by atoms with van der Waals surface area (Å²) in [6.07, 6.45) is 1.47. The molecule has 3 aromatic rings. The molecule has 0 saturated heterocycles.